The van der Waals surface area contributed by atoms with Crippen molar-refractivity contribution in [1.29, 1.82) is 0 Å². The van der Waals surface area contributed by atoms with Gasteiger partial charge >= 0.3 is 0 Å². The first-order valence-corrected chi connectivity index (χ1v) is 11.4. The molecule has 0 aliphatic carbocycles. The van der Waals surface area contributed by atoms with E-state index in [1.807, 2.05) is 25.4 Å². The van der Waals surface area contributed by atoms with Crippen LogP contribution in [0.5, 0.6) is 0 Å². The van der Waals surface area contributed by atoms with Crippen LogP contribution in [0.15, 0.2) is 85.8 Å². The molecule has 9 heteroatoms. The van der Waals surface area contributed by atoms with Gasteiger partial charge in [-0.1, -0.05) is 12.1 Å². The number of pyridine rings is 1. The minimum Gasteiger partial charge on any atom is -0.354 e. The zero-order valence-electron chi connectivity index (χ0n) is 19.7. The first kappa shape index (κ1) is 21.5. The second kappa shape index (κ2) is 8.62. The average molecular weight is 475 g/mol. The van der Waals surface area contributed by atoms with Crippen LogP contribution in [0.25, 0.3) is 33.1 Å². The molecule has 2 aromatic carbocycles. The number of fused-ring (bicyclic) bond motifs is 2. The van der Waals surface area contributed by atoms with Crippen molar-refractivity contribution < 1.29 is 4.79 Å². The Kier molecular flexibility index (Phi) is 5.15. The van der Waals surface area contributed by atoms with Crippen molar-refractivity contribution in [3.05, 3.63) is 91.4 Å². The van der Waals surface area contributed by atoms with Crippen LogP contribution in [0.3, 0.4) is 0 Å². The number of amides is 1. The summed E-state index contributed by atoms with van der Waals surface area (Å²) in [4.78, 5) is 26.4. The van der Waals surface area contributed by atoms with Gasteiger partial charge in [-0.25, -0.2) is 0 Å². The van der Waals surface area contributed by atoms with Gasteiger partial charge in [-0.15, -0.1) is 0 Å². The van der Waals surface area contributed by atoms with Crippen LogP contribution in [-0.4, -0.2) is 35.2 Å². The predicted octanol–water partition coefficient (Wildman–Crippen LogP) is 4.91. The van der Waals surface area contributed by atoms with Crippen LogP contribution < -0.4 is 10.6 Å². The Balaban J connectivity index is 1.41. The van der Waals surface area contributed by atoms with Gasteiger partial charge in [0.25, 0.3) is 5.91 Å². The van der Waals surface area contributed by atoms with Gasteiger partial charge in [0.15, 0.2) is 0 Å². The lowest BCUT2D eigenvalue weighted by Gasteiger charge is -2.14. The highest BCUT2D eigenvalue weighted by atomic mass is 16.1. The van der Waals surface area contributed by atoms with E-state index < -0.39 is 0 Å². The summed E-state index contributed by atoms with van der Waals surface area (Å²) in [5.74, 6) is -0.261. The second-order valence-corrected chi connectivity index (χ2v) is 8.55. The molecule has 4 aromatic heterocycles. The zero-order chi connectivity index (χ0) is 24.6. The third kappa shape index (κ3) is 3.92. The molecular weight excluding hydrogens is 452 g/mol. The maximum absolute atomic E-state index is 13.0. The van der Waals surface area contributed by atoms with Gasteiger partial charge in [-0.3, -0.25) is 24.4 Å². The van der Waals surface area contributed by atoms with Crippen LogP contribution >= 0.6 is 0 Å². The molecule has 2 N–H and O–H groups in total. The largest absolute Gasteiger partial charge is 0.354 e. The summed E-state index contributed by atoms with van der Waals surface area (Å²) in [6.07, 6.45) is 12.0. The van der Waals surface area contributed by atoms with E-state index in [1.165, 1.54) is 5.39 Å². The Morgan fingerprint density at radius 1 is 0.917 bits per heavy atom. The monoisotopic (exact) mass is 474 g/mol. The van der Waals surface area contributed by atoms with E-state index in [9.17, 15) is 4.79 Å². The van der Waals surface area contributed by atoms with Crippen LogP contribution in [-0.2, 0) is 14.1 Å². The van der Waals surface area contributed by atoms with Crippen LogP contribution in [0, 0.1) is 0 Å². The number of nitrogens with one attached hydrogen (secondary N) is 2. The fraction of sp³-hybridized carbons (Fsp3) is 0.0741. The molecule has 0 saturated heterocycles. The SMILES string of the molecule is Cn1cc(NC(=O)c2ccncc2Nc2cc(-c3ccc4ccn(C)c4c3)c3nccnc3c2)cn1. The van der Waals surface area contributed by atoms with E-state index in [0.717, 1.165) is 33.4 Å². The lowest BCUT2D eigenvalue weighted by molar-refractivity contribution is 0.102. The summed E-state index contributed by atoms with van der Waals surface area (Å²) in [6, 6.07) is 14.1. The molecule has 4 heterocycles. The molecule has 176 valence electrons. The molecule has 36 heavy (non-hydrogen) atoms. The summed E-state index contributed by atoms with van der Waals surface area (Å²) in [5.41, 5.74) is 7.07. The van der Waals surface area contributed by atoms with Crippen molar-refractivity contribution in [1.82, 2.24) is 29.3 Å². The van der Waals surface area contributed by atoms with Crippen molar-refractivity contribution in [2.24, 2.45) is 14.1 Å². The second-order valence-electron chi connectivity index (χ2n) is 8.55. The predicted molar refractivity (Wildman–Crippen MR) is 140 cm³/mol. The van der Waals surface area contributed by atoms with E-state index in [1.54, 1.807) is 55.0 Å². The molecule has 0 aliphatic rings. The number of anilines is 3. The first-order valence-electron chi connectivity index (χ1n) is 11.4. The maximum Gasteiger partial charge on any atom is 0.257 e. The maximum atomic E-state index is 13.0. The van der Waals surface area contributed by atoms with Crippen LogP contribution in [0.2, 0.25) is 0 Å². The van der Waals surface area contributed by atoms with Crippen LogP contribution in [0.4, 0.5) is 17.1 Å². The molecule has 9 nitrogen and oxygen atoms in total. The molecule has 0 atom stereocenters. The highest BCUT2D eigenvalue weighted by molar-refractivity contribution is 6.08. The summed E-state index contributed by atoms with van der Waals surface area (Å²) >= 11 is 0. The minimum atomic E-state index is -0.261. The Labute approximate surface area is 206 Å². The highest BCUT2D eigenvalue weighted by Crippen LogP contribution is 2.33. The number of hydrogen-bond donors (Lipinski definition) is 2. The van der Waals surface area contributed by atoms with Gasteiger partial charge < -0.3 is 15.2 Å². The van der Waals surface area contributed by atoms with Crippen molar-refractivity contribution in [2.45, 2.75) is 0 Å². The number of benzene rings is 2. The summed E-state index contributed by atoms with van der Waals surface area (Å²) in [6.45, 7) is 0. The molecule has 0 aliphatic heterocycles. The molecule has 1 amide bonds. The van der Waals surface area contributed by atoms with Gasteiger partial charge in [0, 0.05) is 61.8 Å². The van der Waals surface area contributed by atoms with Gasteiger partial charge in [0.2, 0.25) is 0 Å². The van der Waals surface area contributed by atoms with Gasteiger partial charge in [0.05, 0.1) is 40.4 Å². The topological polar surface area (TPSA) is 103 Å². The molecule has 0 bridgehead atoms. The smallest absolute Gasteiger partial charge is 0.257 e. The lowest BCUT2D eigenvalue weighted by atomic mass is 10.0. The minimum absolute atomic E-state index is 0.261. The highest BCUT2D eigenvalue weighted by Gasteiger charge is 2.15. The number of carbonyl (C=O) groups is 1. The number of aryl methyl sites for hydroxylation is 2. The number of rotatable bonds is 5. The Morgan fingerprint density at radius 3 is 2.67 bits per heavy atom. The van der Waals surface area contributed by atoms with Crippen molar-refractivity contribution in [3.63, 3.8) is 0 Å². The molecule has 0 spiro atoms. The third-order valence-electron chi connectivity index (χ3n) is 6.08. The summed E-state index contributed by atoms with van der Waals surface area (Å²) < 4.78 is 3.73. The molecule has 6 aromatic rings. The van der Waals surface area contributed by atoms with Gasteiger partial charge in [0.1, 0.15) is 0 Å². The fourth-order valence-electron chi connectivity index (χ4n) is 4.33. The Bertz CT molecular complexity index is 1750. The number of aromatic nitrogens is 6. The standard InChI is InChI=1S/C27H22N8O/c1-34-10-6-17-3-4-18(11-25(17)34)22-12-19(13-23-26(22)30-9-8-29-23)32-24-15-28-7-5-21(24)27(36)33-20-14-31-35(2)16-20/h3-16,32H,1-2H3,(H,33,36). The van der Waals surface area contributed by atoms with E-state index in [4.69, 9.17) is 0 Å². The Hall–Kier alpha value is -5.05. The van der Waals surface area contributed by atoms with E-state index in [-0.39, 0.29) is 5.91 Å². The Morgan fingerprint density at radius 2 is 1.81 bits per heavy atom. The summed E-state index contributed by atoms with van der Waals surface area (Å²) in [7, 11) is 3.83. The lowest BCUT2D eigenvalue weighted by Crippen LogP contribution is -2.13. The normalized spacial score (nSPS) is 11.2. The van der Waals surface area contributed by atoms with E-state index >= 15 is 0 Å². The molecule has 0 radical (unpaired) electrons. The number of hydrogen-bond acceptors (Lipinski definition) is 6. The van der Waals surface area contributed by atoms with E-state index in [2.05, 4.69) is 59.5 Å². The van der Waals surface area contributed by atoms with Crippen molar-refractivity contribution in [2.75, 3.05) is 10.6 Å². The quantitative estimate of drug-likeness (QED) is 0.368. The number of carbonyl (C=O) groups excluding carboxylic acids is 1. The molecule has 6 rings (SSSR count). The zero-order valence-corrected chi connectivity index (χ0v) is 19.7. The molecule has 0 saturated carbocycles. The first-order chi connectivity index (χ1) is 17.5. The number of nitrogens with zero attached hydrogens (tertiary/aromatic N) is 6. The summed E-state index contributed by atoms with van der Waals surface area (Å²) in [5, 5.41) is 11.5. The fourth-order valence-corrected chi connectivity index (χ4v) is 4.33. The molecule has 0 unspecified atom stereocenters. The third-order valence-corrected chi connectivity index (χ3v) is 6.08. The van der Waals surface area contributed by atoms with Gasteiger partial charge in [-0.2, -0.15) is 5.10 Å². The van der Waals surface area contributed by atoms with Crippen molar-refractivity contribution >= 4 is 44.9 Å². The molecular formula is C27H22N8O. The van der Waals surface area contributed by atoms with Crippen LogP contribution in [0.1, 0.15) is 10.4 Å². The van der Waals surface area contributed by atoms with Crippen molar-refractivity contribution in [3.8, 4) is 11.1 Å². The van der Waals surface area contributed by atoms with Gasteiger partial charge in [-0.05, 0) is 41.3 Å². The van der Waals surface area contributed by atoms with E-state index in [0.29, 0.717) is 16.9 Å². The average Bonchev–Trinajstić information content (AvgIpc) is 3.48. The molecule has 0 fully saturated rings.